The molecule has 0 radical (unpaired) electrons. The molecule has 0 saturated heterocycles. The highest BCUT2D eigenvalue weighted by molar-refractivity contribution is 5.66. The summed E-state index contributed by atoms with van der Waals surface area (Å²) in [5.41, 5.74) is 9.64. The third-order valence-corrected chi connectivity index (χ3v) is 11.2. The van der Waals surface area contributed by atoms with Crippen LogP contribution in [0.25, 0.3) is 22.3 Å². The largest absolute Gasteiger partial charge is 0.494 e. The monoisotopic (exact) mass is 759 g/mol. The van der Waals surface area contributed by atoms with Crippen molar-refractivity contribution >= 4 is 0 Å². The first-order valence-electron chi connectivity index (χ1n) is 22.1. The number of rotatable bonds is 15. The summed E-state index contributed by atoms with van der Waals surface area (Å²) in [5, 5.41) is 0. The van der Waals surface area contributed by atoms with Crippen LogP contribution in [-0.4, -0.2) is 13.2 Å². The standard InChI is InChI=1S/C28H34O.C27H32O/c1-3-5-6-7-8-23-9-11-24(12-10-23)13-14-25-15-17-26(18-16-25)27-19-21-28(22-20-27)29-4-2;1-3-5-6-7-22-8-10-23(11-9-22)12-13-24-14-16-25(17-15-24)26-18-20-27(21-19-26)28-4-2/h11,15-23H,3-10,12H2,1-2H3;10,14-22H,3-9,11H2,1-2H3. The predicted octanol–water partition coefficient (Wildman–Crippen LogP) is 15.2. The molecule has 0 heterocycles. The van der Waals surface area contributed by atoms with Gasteiger partial charge in [0.05, 0.1) is 13.2 Å². The first-order valence-corrected chi connectivity index (χ1v) is 22.1. The van der Waals surface area contributed by atoms with Crippen molar-refractivity contribution in [1.29, 1.82) is 0 Å². The van der Waals surface area contributed by atoms with E-state index in [1.54, 1.807) is 0 Å². The Morgan fingerprint density at radius 3 is 1.16 bits per heavy atom. The van der Waals surface area contributed by atoms with Crippen molar-refractivity contribution in [3.05, 3.63) is 131 Å². The van der Waals surface area contributed by atoms with Crippen molar-refractivity contribution in [1.82, 2.24) is 0 Å². The van der Waals surface area contributed by atoms with Crippen molar-refractivity contribution in [2.45, 2.75) is 124 Å². The minimum Gasteiger partial charge on any atom is -0.494 e. The van der Waals surface area contributed by atoms with Gasteiger partial charge < -0.3 is 9.47 Å². The second-order valence-electron chi connectivity index (χ2n) is 15.7. The van der Waals surface area contributed by atoms with Gasteiger partial charge in [0.2, 0.25) is 0 Å². The second kappa shape index (κ2) is 24.7. The van der Waals surface area contributed by atoms with Crippen LogP contribution >= 0.6 is 0 Å². The summed E-state index contributed by atoms with van der Waals surface area (Å²) >= 11 is 0. The van der Waals surface area contributed by atoms with Gasteiger partial charge in [-0.15, -0.1) is 0 Å². The van der Waals surface area contributed by atoms with Gasteiger partial charge in [0.15, 0.2) is 0 Å². The molecular formula is C55H66O2. The van der Waals surface area contributed by atoms with Crippen LogP contribution in [-0.2, 0) is 0 Å². The summed E-state index contributed by atoms with van der Waals surface area (Å²) in [6, 6.07) is 33.6. The number of ether oxygens (including phenoxy) is 2. The summed E-state index contributed by atoms with van der Waals surface area (Å²) in [7, 11) is 0. The minimum absolute atomic E-state index is 0.697. The fraction of sp³-hybridized carbons (Fsp3) is 0.418. The molecule has 57 heavy (non-hydrogen) atoms. The highest BCUT2D eigenvalue weighted by Gasteiger charge is 2.14. The van der Waals surface area contributed by atoms with E-state index in [4.69, 9.17) is 9.47 Å². The Bertz CT molecular complexity index is 1940. The van der Waals surface area contributed by atoms with Crippen molar-refractivity contribution in [3.63, 3.8) is 0 Å². The predicted molar refractivity (Wildman–Crippen MR) is 244 cm³/mol. The average Bonchev–Trinajstić information content (AvgIpc) is 3.26. The maximum atomic E-state index is 5.52. The fourth-order valence-corrected chi connectivity index (χ4v) is 7.69. The number of hydrogen-bond acceptors (Lipinski definition) is 2. The first-order chi connectivity index (χ1) is 28.1. The molecule has 0 saturated carbocycles. The molecule has 2 atom stereocenters. The maximum Gasteiger partial charge on any atom is 0.119 e. The zero-order valence-corrected chi connectivity index (χ0v) is 35.4. The van der Waals surface area contributed by atoms with Crippen molar-refractivity contribution in [2.75, 3.05) is 13.2 Å². The third-order valence-electron chi connectivity index (χ3n) is 11.2. The Hall–Kier alpha value is -4.92. The van der Waals surface area contributed by atoms with Gasteiger partial charge in [0, 0.05) is 11.1 Å². The molecular weight excluding hydrogens is 693 g/mol. The van der Waals surface area contributed by atoms with Gasteiger partial charge in [0.25, 0.3) is 0 Å². The fourth-order valence-electron chi connectivity index (χ4n) is 7.69. The lowest BCUT2D eigenvalue weighted by molar-refractivity contribution is 0.340. The molecule has 2 aliphatic carbocycles. The molecule has 0 aromatic heterocycles. The van der Waals surface area contributed by atoms with Gasteiger partial charge in [-0.3, -0.25) is 0 Å². The van der Waals surface area contributed by atoms with Crippen LogP contribution in [0.5, 0.6) is 11.5 Å². The van der Waals surface area contributed by atoms with Gasteiger partial charge in [0.1, 0.15) is 11.5 Å². The smallest absolute Gasteiger partial charge is 0.119 e. The van der Waals surface area contributed by atoms with Crippen molar-refractivity contribution in [2.24, 2.45) is 11.8 Å². The van der Waals surface area contributed by atoms with E-state index in [0.717, 1.165) is 47.3 Å². The molecule has 2 nitrogen and oxygen atoms in total. The molecule has 0 spiro atoms. The Labute approximate surface area is 346 Å². The van der Waals surface area contributed by atoms with E-state index in [1.807, 2.05) is 38.1 Å². The molecule has 6 rings (SSSR count). The average molecular weight is 759 g/mol. The zero-order chi connectivity index (χ0) is 39.9. The molecule has 0 bridgehead atoms. The molecule has 0 aliphatic heterocycles. The second-order valence-corrected chi connectivity index (χ2v) is 15.7. The zero-order valence-electron chi connectivity index (χ0n) is 35.4. The van der Waals surface area contributed by atoms with Gasteiger partial charge in [-0.1, -0.05) is 156 Å². The summed E-state index contributed by atoms with van der Waals surface area (Å²) in [5.74, 6) is 17.1. The van der Waals surface area contributed by atoms with E-state index in [0.29, 0.717) is 13.2 Å². The quantitative estimate of drug-likeness (QED) is 0.0888. The molecule has 2 heteroatoms. The van der Waals surface area contributed by atoms with E-state index < -0.39 is 0 Å². The van der Waals surface area contributed by atoms with Crippen LogP contribution in [0.2, 0.25) is 0 Å². The topological polar surface area (TPSA) is 18.5 Å². The Morgan fingerprint density at radius 1 is 0.439 bits per heavy atom. The van der Waals surface area contributed by atoms with Crippen LogP contribution in [0.3, 0.4) is 0 Å². The highest BCUT2D eigenvalue weighted by Crippen LogP contribution is 2.29. The lowest BCUT2D eigenvalue weighted by Gasteiger charge is -2.19. The van der Waals surface area contributed by atoms with Gasteiger partial charge in [-0.05, 0) is 146 Å². The third kappa shape index (κ3) is 15.2. The maximum absolute atomic E-state index is 5.52. The Morgan fingerprint density at radius 2 is 0.807 bits per heavy atom. The van der Waals surface area contributed by atoms with Crippen LogP contribution < -0.4 is 9.47 Å². The number of allylic oxidation sites excluding steroid dienone is 4. The molecule has 298 valence electrons. The van der Waals surface area contributed by atoms with Crippen LogP contribution in [0.1, 0.15) is 135 Å². The van der Waals surface area contributed by atoms with E-state index in [9.17, 15) is 0 Å². The van der Waals surface area contributed by atoms with Crippen molar-refractivity contribution in [3.8, 4) is 57.4 Å². The van der Waals surface area contributed by atoms with E-state index in [2.05, 4.69) is 122 Å². The normalized spacial score (nSPS) is 16.0. The van der Waals surface area contributed by atoms with E-state index in [-0.39, 0.29) is 0 Å². The molecule has 0 N–H and O–H groups in total. The summed E-state index contributed by atoms with van der Waals surface area (Å²) < 4.78 is 11.0. The summed E-state index contributed by atoms with van der Waals surface area (Å²) in [4.78, 5) is 0. The van der Waals surface area contributed by atoms with Gasteiger partial charge >= 0.3 is 0 Å². The molecule has 4 aromatic carbocycles. The summed E-state index contributed by atoms with van der Waals surface area (Å²) in [6.45, 7) is 9.96. The number of unbranched alkanes of at least 4 members (excludes halogenated alkanes) is 5. The van der Waals surface area contributed by atoms with Gasteiger partial charge in [-0.2, -0.15) is 0 Å². The lowest BCUT2D eigenvalue weighted by Crippen LogP contribution is -2.05. The molecule has 0 fully saturated rings. The lowest BCUT2D eigenvalue weighted by atomic mass is 9.86. The molecule has 0 amide bonds. The molecule has 2 aliphatic rings. The molecule has 4 aromatic rings. The van der Waals surface area contributed by atoms with Crippen LogP contribution in [0, 0.1) is 35.5 Å². The summed E-state index contributed by atoms with van der Waals surface area (Å²) in [6.07, 6.45) is 24.5. The molecule has 2 unspecified atom stereocenters. The number of benzene rings is 4. The van der Waals surface area contributed by atoms with Gasteiger partial charge in [-0.25, -0.2) is 0 Å². The minimum atomic E-state index is 0.697. The van der Waals surface area contributed by atoms with Crippen LogP contribution in [0.15, 0.2) is 120 Å². The Balaban J connectivity index is 0.000000218. The highest BCUT2D eigenvalue weighted by atomic mass is 16.5. The SMILES string of the molecule is CCCCCC1CC=C(C#Cc2ccc(-c3ccc(OCC)cc3)cc2)CC1.CCCCCCC1CC=C(C#Cc2ccc(-c3ccc(OCC)cc3)cc2)CC1. The van der Waals surface area contributed by atoms with E-state index >= 15 is 0 Å². The first kappa shape index (κ1) is 43.2. The van der Waals surface area contributed by atoms with E-state index in [1.165, 1.54) is 117 Å². The Kier molecular flexibility index (Phi) is 18.7. The number of hydrogen-bond donors (Lipinski definition) is 0. The van der Waals surface area contributed by atoms with Crippen LogP contribution in [0.4, 0.5) is 0 Å². The van der Waals surface area contributed by atoms with Crippen molar-refractivity contribution < 1.29 is 9.47 Å².